The van der Waals surface area contributed by atoms with Gasteiger partial charge in [0.2, 0.25) is 0 Å². The van der Waals surface area contributed by atoms with Crippen LogP contribution in [0.5, 0.6) is 11.5 Å². The number of anilines is 1. The standard InChI is InChI=1S/C20H11F4NO4/c21-15-13(14(20(27)28)16(22)18(24)17(15)23)19(26)25-11-8-4-5-9-12(11)29-10-6-2-1-3-7-10/h1-9H,(H,25,26)(H,27,28). The van der Waals surface area contributed by atoms with Crippen LogP contribution in [-0.2, 0) is 0 Å². The predicted molar refractivity (Wildman–Crippen MR) is 94.1 cm³/mol. The number of carboxylic acids is 1. The van der Waals surface area contributed by atoms with Crippen LogP contribution in [0.4, 0.5) is 23.2 Å². The van der Waals surface area contributed by atoms with Crippen molar-refractivity contribution in [1.29, 1.82) is 0 Å². The maximum atomic E-state index is 14.1. The summed E-state index contributed by atoms with van der Waals surface area (Å²) in [6, 6.07) is 14.2. The molecule has 0 aliphatic rings. The Hall–Kier alpha value is -3.88. The third kappa shape index (κ3) is 3.88. The van der Waals surface area contributed by atoms with E-state index in [1.807, 2.05) is 0 Å². The largest absolute Gasteiger partial charge is 0.478 e. The number of nitrogens with one attached hydrogen (secondary N) is 1. The van der Waals surface area contributed by atoms with Crippen molar-refractivity contribution < 1.29 is 37.0 Å². The lowest BCUT2D eigenvalue weighted by atomic mass is 10.0. The summed E-state index contributed by atoms with van der Waals surface area (Å²) in [4.78, 5) is 23.7. The molecule has 2 N–H and O–H groups in total. The van der Waals surface area contributed by atoms with E-state index in [0.29, 0.717) is 5.75 Å². The van der Waals surface area contributed by atoms with E-state index in [9.17, 15) is 27.2 Å². The fourth-order valence-corrected chi connectivity index (χ4v) is 2.50. The number of carboxylic acid groups (broad SMARTS) is 1. The van der Waals surface area contributed by atoms with Gasteiger partial charge in [-0.3, -0.25) is 4.79 Å². The zero-order valence-electron chi connectivity index (χ0n) is 14.4. The number of hydrogen-bond acceptors (Lipinski definition) is 3. The van der Waals surface area contributed by atoms with Crippen molar-refractivity contribution >= 4 is 17.6 Å². The van der Waals surface area contributed by atoms with Crippen molar-refractivity contribution in [3.8, 4) is 11.5 Å². The molecule has 0 saturated carbocycles. The van der Waals surface area contributed by atoms with Crippen LogP contribution in [-0.4, -0.2) is 17.0 Å². The Kier molecular flexibility index (Phi) is 5.49. The van der Waals surface area contributed by atoms with Gasteiger partial charge in [0.05, 0.1) is 11.3 Å². The summed E-state index contributed by atoms with van der Waals surface area (Å²) < 4.78 is 60.5. The molecule has 5 nitrogen and oxygen atoms in total. The highest BCUT2D eigenvalue weighted by molar-refractivity contribution is 6.11. The summed E-state index contributed by atoms with van der Waals surface area (Å²) >= 11 is 0. The van der Waals surface area contributed by atoms with Gasteiger partial charge in [0.15, 0.2) is 29.0 Å². The molecule has 9 heteroatoms. The van der Waals surface area contributed by atoms with Crippen LogP contribution < -0.4 is 10.1 Å². The molecule has 148 valence electrons. The van der Waals surface area contributed by atoms with Gasteiger partial charge in [-0.1, -0.05) is 30.3 Å². The number of amides is 1. The molecule has 0 unspecified atom stereocenters. The van der Waals surface area contributed by atoms with Gasteiger partial charge in [0.1, 0.15) is 11.3 Å². The summed E-state index contributed by atoms with van der Waals surface area (Å²) in [6.45, 7) is 0. The molecular formula is C20H11F4NO4. The molecule has 0 radical (unpaired) electrons. The molecule has 0 atom stereocenters. The Morgan fingerprint density at radius 1 is 0.759 bits per heavy atom. The minimum Gasteiger partial charge on any atom is -0.478 e. The smallest absolute Gasteiger partial charge is 0.339 e. The average Bonchev–Trinajstić information content (AvgIpc) is 2.70. The predicted octanol–water partition coefficient (Wildman–Crippen LogP) is 4.99. The van der Waals surface area contributed by atoms with E-state index >= 15 is 0 Å². The van der Waals surface area contributed by atoms with Crippen LogP contribution in [0.3, 0.4) is 0 Å². The lowest BCUT2D eigenvalue weighted by Crippen LogP contribution is -2.22. The first-order valence-electron chi connectivity index (χ1n) is 8.03. The molecule has 1 amide bonds. The van der Waals surface area contributed by atoms with E-state index in [-0.39, 0.29) is 11.4 Å². The van der Waals surface area contributed by atoms with E-state index in [1.54, 1.807) is 36.4 Å². The first-order valence-corrected chi connectivity index (χ1v) is 8.03. The molecule has 0 aliphatic heterocycles. The van der Waals surface area contributed by atoms with Gasteiger partial charge in [-0.25, -0.2) is 22.4 Å². The van der Waals surface area contributed by atoms with Crippen molar-refractivity contribution in [3.63, 3.8) is 0 Å². The molecular weight excluding hydrogens is 394 g/mol. The van der Waals surface area contributed by atoms with Crippen molar-refractivity contribution in [3.05, 3.63) is 89.0 Å². The molecule has 0 fully saturated rings. The Labute approximate surface area is 161 Å². The number of para-hydroxylation sites is 3. The van der Waals surface area contributed by atoms with E-state index in [4.69, 9.17) is 9.84 Å². The fraction of sp³-hybridized carbons (Fsp3) is 0. The summed E-state index contributed by atoms with van der Waals surface area (Å²) in [5, 5.41) is 11.2. The third-order valence-corrected chi connectivity index (χ3v) is 3.81. The second-order valence-corrected chi connectivity index (χ2v) is 5.68. The molecule has 0 spiro atoms. The van der Waals surface area contributed by atoms with Crippen molar-refractivity contribution in [1.82, 2.24) is 0 Å². The Morgan fingerprint density at radius 3 is 1.93 bits per heavy atom. The van der Waals surface area contributed by atoms with Crippen LogP contribution in [0.1, 0.15) is 20.7 Å². The zero-order chi connectivity index (χ0) is 21.1. The number of carbonyl (C=O) groups excluding carboxylic acids is 1. The second-order valence-electron chi connectivity index (χ2n) is 5.68. The van der Waals surface area contributed by atoms with Gasteiger partial charge in [-0.2, -0.15) is 0 Å². The summed E-state index contributed by atoms with van der Waals surface area (Å²) in [7, 11) is 0. The van der Waals surface area contributed by atoms with Gasteiger partial charge in [0, 0.05) is 0 Å². The summed E-state index contributed by atoms with van der Waals surface area (Å²) in [5.41, 5.74) is -3.15. The molecule has 0 bridgehead atoms. The minimum atomic E-state index is -2.33. The van der Waals surface area contributed by atoms with Gasteiger partial charge < -0.3 is 15.2 Å². The van der Waals surface area contributed by atoms with Crippen molar-refractivity contribution in [2.45, 2.75) is 0 Å². The summed E-state index contributed by atoms with van der Waals surface area (Å²) in [5.74, 6) is -12.1. The fourth-order valence-electron chi connectivity index (χ4n) is 2.50. The number of rotatable bonds is 5. The average molecular weight is 405 g/mol. The van der Waals surface area contributed by atoms with Crippen LogP contribution in [0.15, 0.2) is 54.6 Å². The number of ether oxygens (including phenoxy) is 1. The van der Waals surface area contributed by atoms with Gasteiger partial charge >= 0.3 is 5.97 Å². The van der Waals surface area contributed by atoms with E-state index in [2.05, 4.69) is 5.32 Å². The zero-order valence-corrected chi connectivity index (χ0v) is 14.4. The van der Waals surface area contributed by atoms with Crippen LogP contribution in [0, 0.1) is 23.3 Å². The van der Waals surface area contributed by atoms with Crippen LogP contribution >= 0.6 is 0 Å². The van der Waals surface area contributed by atoms with Gasteiger partial charge in [-0.05, 0) is 24.3 Å². The molecule has 3 aromatic rings. The number of aromatic carboxylic acids is 1. The lowest BCUT2D eigenvalue weighted by Gasteiger charge is -2.14. The van der Waals surface area contributed by atoms with Crippen LogP contribution in [0.25, 0.3) is 0 Å². The highest BCUT2D eigenvalue weighted by atomic mass is 19.2. The first kappa shape index (κ1) is 19.9. The maximum absolute atomic E-state index is 14.1. The Morgan fingerprint density at radius 2 is 1.31 bits per heavy atom. The number of hydrogen-bond donors (Lipinski definition) is 2. The van der Waals surface area contributed by atoms with Gasteiger partial charge in [-0.15, -0.1) is 0 Å². The normalized spacial score (nSPS) is 10.5. The molecule has 0 saturated heterocycles. The molecule has 3 aromatic carbocycles. The quantitative estimate of drug-likeness (QED) is 0.356. The van der Waals surface area contributed by atoms with Gasteiger partial charge in [0.25, 0.3) is 5.91 Å². The Bertz CT molecular complexity index is 1100. The van der Waals surface area contributed by atoms with Crippen molar-refractivity contribution in [2.24, 2.45) is 0 Å². The third-order valence-electron chi connectivity index (χ3n) is 3.81. The second kappa shape index (κ2) is 8.01. The lowest BCUT2D eigenvalue weighted by molar-refractivity contribution is 0.0684. The maximum Gasteiger partial charge on any atom is 0.339 e. The van der Waals surface area contributed by atoms with E-state index in [1.165, 1.54) is 18.2 Å². The molecule has 3 rings (SSSR count). The topological polar surface area (TPSA) is 75.6 Å². The number of halogens is 4. The Balaban J connectivity index is 2.02. The molecule has 29 heavy (non-hydrogen) atoms. The highest BCUT2D eigenvalue weighted by Gasteiger charge is 2.33. The first-order chi connectivity index (χ1) is 13.8. The minimum absolute atomic E-state index is 0.0396. The van der Waals surface area contributed by atoms with E-state index in [0.717, 1.165) is 0 Å². The van der Waals surface area contributed by atoms with E-state index < -0.39 is 46.3 Å². The number of carbonyl (C=O) groups is 2. The SMILES string of the molecule is O=C(O)c1c(F)c(F)c(F)c(F)c1C(=O)Nc1ccccc1Oc1ccccc1. The number of benzene rings is 3. The molecule has 0 aliphatic carbocycles. The molecule has 0 heterocycles. The summed E-state index contributed by atoms with van der Waals surface area (Å²) in [6.07, 6.45) is 0. The van der Waals surface area contributed by atoms with Crippen LogP contribution in [0.2, 0.25) is 0 Å². The molecule has 0 aromatic heterocycles. The van der Waals surface area contributed by atoms with Crippen molar-refractivity contribution in [2.75, 3.05) is 5.32 Å². The monoisotopic (exact) mass is 405 g/mol. The highest BCUT2D eigenvalue weighted by Crippen LogP contribution is 2.31.